The van der Waals surface area contributed by atoms with E-state index < -0.39 is 0 Å². The first-order chi connectivity index (χ1) is 19.7. The number of aromatic amines is 2. The molecule has 4 N–H and O–H groups in total. The molecule has 0 unspecified atom stereocenters. The molecule has 198 valence electrons. The van der Waals surface area contributed by atoms with Crippen LogP contribution in [0.2, 0.25) is 0 Å². The van der Waals surface area contributed by atoms with Crippen molar-refractivity contribution in [1.82, 2.24) is 35.5 Å². The number of carbonyl (C=O) groups excluding carboxylic acids is 1. The van der Waals surface area contributed by atoms with E-state index in [9.17, 15) is 4.79 Å². The first kappa shape index (κ1) is 24.2. The Morgan fingerprint density at radius 2 is 1.77 bits per heavy atom. The summed E-state index contributed by atoms with van der Waals surface area (Å²) in [4.78, 5) is 29.7. The lowest BCUT2D eigenvalue weighted by atomic mass is 9.94. The average molecular weight is 529 g/mol. The van der Waals surface area contributed by atoms with E-state index in [1.165, 1.54) is 0 Å². The summed E-state index contributed by atoms with van der Waals surface area (Å²) in [5.74, 6) is 0.469. The Balaban J connectivity index is 1.19. The molecule has 6 heterocycles. The van der Waals surface area contributed by atoms with Gasteiger partial charge in [0.05, 0.1) is 34.5 Å². The predicted molar refractivity (Wildman–Crippen MR) is 156 cm³/mol. The Bertz CT molecular complexity index is 1820. The molecule has 0 aliphatic carbocycles. The zero-order valence-electron chi connectivity index (χ0n) is 21.8. The van der Waals surface area contributed by atoms with Crippen LogP contribution in [0.4, 0.5) is 5.69 Å². The molecule has 0 radical (unpaired) electrons. The Hall–Kier alpha value is -4.89. The molecule has 9 heteroatoms. The number of carbonyl (C=O) groups is 1. The minimum Gasteiger partial charge on any atom is -0.353 e. The number of H-pyrrole nitrogens is 2. The highest BCUT2D eigenvalue weighted by Crippen LogP contribution is 2.34. The summed E-state index contributed by atoms with van der Waals surface area (Å²) in [6.07, 6.45) is 9.69. The summed E-state index contributed by atoms with van der Waals surface area (Å²) >= 11 is 0. The van der Waals surface area contributed by atoms with Crippen LogP contribution in [0.3, 0.4) is 0 Å². The molecule has 0 saturated carbocycles. The SMILES string of the molecule is O=C(CC1CCNCC1)Nc1cncc(-c2ccc3[nH]nc(-c4cc5c(-c6ccccn6)nccc5[nH]4)c3c2)c1. The minimum atomic E-state index is 0.0387. The fraction of sp³-hybridized carbons (Fsp3) is 0.194. The fourth-order valence-corrected chi connectivity index (χ4v) is 5.51. The lowest BCUT2D eigenvalue weighted by molar-refractivity contribution is -0.117. The standard InChI is InChI=1S/C31H28N8O/c40-29(13-19-6-10-32-11-7-19)36-22-14-21(17-33-18-22)20-4-5-26-23(15-20)31(39-38-26)28-16-24-25(37-28)8-12-35-30(24)27-3-1-2-9-34-27/h1-5,8-9,12,14-19,32,37H,6-7,10-11,13H2,(H,36,40)(H,38,39). The number of amides is 1. The van der Waals surface area contributed by atoms with E-state index in [1.54, 1.807) is 18.6 Å². The number of aromatic nitrogens is 6. The van der Waals surface area contributed by atoms with Crippen LogP contribution in [0.1, 0.15) is 19.3 Å². The molecule has 7 rings (SSSR count). The number of nitrogens with one attached hydrogen (secondary N) is 4. The van der Waals surface area contributed by atoms with Gasteiger partial charge in [0.25, 0.3) is 0 Å². The van der Waals surface area contributed by atoms with Crippen molar-refractivity contribution in [2.45, 2.75) is 19.3 Å². The van der Waals surface area contributed by atoms with Crippen LogP contribution in [-0.2, 0) is 4.79 Å². The lowest BCUT2D eigenvalue weighted by Gasteiger charge is -2.21. The number of hydrogen-bond acceptors (Lipinski definition) is 6. The number of fused-ring (bicyclic) bond motifs is 2. The number of hydrogen-bond donors (Lipinski definition) is 4. The van der Waals surface area contributed by atoms with Crippen LogP contribution in [-0.4, -0.2) is 49.1 Å². The van der Waals surface area contributed by atoms with Crippen molar-refractivity contribution >= 4 is 33.4 Å². The number of anilines is 1. The molecule has 0 bridgehead atoms. The van der Waals surface area contributed by atoms with Gasteiger partial charge in [0.2, 0.25) is 5.91 Å². The summed E-state index contributed by atoms with van der Waals surface area (Å²) in [5.41, 5.74) is 7.87. The number of piperidine rings is 1. The van der Waals surface area contributed by atoms with Gasteiger partial charge in [0, 0.05) is 46.9 Å². The first-order valence-corrected chi connectivity index (χ1v) is 13.5. The largest absolute Gasteiger partial charge is 0.353 e. The summed E-state index contributed by atoms with van der Waals surface area (Å²) in [7, 11) is 0. The molecule has 1 fully saturated rings. The quantitative estimate of drug-likeness (QED) is 0.224. The van der Waals surface area contributed by atoms with Gasteiger partial charge in [0.15, 0.2) is 0 Å². The predicted octanol–water partition coefficient (Wildman–Crippen LogP) is 5.56. The van der Waals surface area contributed by atoms with Gasteiger partial charge < -0.3 is 15.6 Å². The highest BCUT2D eigenvalue weighted by atomic mass is 16.1. The van der Waals surface area contributed by atoms with Crippen LogP contribution in [0, 0.1) is 5.92 Å². The van der Waals surface area contributed by atoms with Gasteiger partial charge in [-0.15, -0.1) is 0 Å². The summed E-state index contributed by atoms with van der Waals surface area (Å²) < 4.78 is 0. The third-order valence-electron chi connectivity index (χ3n) is 7.56. The van der Waals surface area contributed by atoms with Gasteiger partial charge in [-0.2, -0.15) is 5.10 Å². The normalized spacial score (nSPS) is 14.1. The van der Waals surface area contributed by atoms with E-state index in [-0.39, 0.29) is 5.91 Å². The van der Waals surface area contributed by atoms with Gasteiger partial charge in [-0.25, -0.2) is 0 Å². The summed E-state index contributed by atoms with van der Waals surface area (Å²) in [6.45, 7) is 1.96. The van der Waals surface area contributed by atoms with Crippen molar-refractivity contribution in [2.24, 2.45) is 5.92 Å². The Morgan fingerprint density at radius 3 is 2.65 bits per heavy atom. The number of pyridine rings is 3. The number of rotatable bonds is 6. The maximum Gasteiger partial charge on any atom is 0.224 e. The molecular weight excluding hydrogens is 500 g/mol. The Labute approximate surface area is 230 Å². The molecular formula is C31H28N8O. The molecule has 1 aliphatic heterocycles. The van der Waals surface area contributed by atoms with Crippen LogP contribution in [0.5, 0.6) is 0 Å². The lowest BCUT2D eigenvalue weighted by Crippen LogP contribution is -2.30. The Kier molecular flexibility index (Phi) is 6.25. The van der Waals surface area contributed by atoms with E-state index >= 15 is 0 Å². The molecule has 1 amide bonds. The maximum atomic E-state index is 12.7. The third-order valence-corrected chi connectivity index (χ3v) is 7.56. The van der Waals surface area contributed by atoms with E-state index in [1.807, 2.05) is 48.7 Å². The summed E-state index contributed by atoms with van der Waals surface area (Å²) in [5, 5.41) is 16.2. The van der Waals surface area contributed by atoms with Crippen LogP contribution < -0.4 is 10.6 Å². The van der Waals surface area contributed by atoms with Crippen molar-refractivity contribution in [3.05, 3.63) is 79.4 Å². The molecule has 6 aromatic rings. The molecule has 1 aromatic carbocycles. The Morgan fingerprint density at radius 1 is 0.875 bits per heavy atom. The molecule has 5 aromatic heterocycles. The van der Waals surface area contributed by atoms with Gasteiger partial charge in [-0.1, -0.05) is 12.1 Å². The second-order valence-electron chi connectivity index (χ2n) is 10.3. The van der Waals surface area contributed by atoms with Gasteiger partial charge in [0.1, 0.15) is 5.69 Å². The molecule has 1 saturated heterocycles. The van der Waals surface area contributed by atoms with Crippen molar-refractivity contribution in [2.75, 3.05) is 18.4 Å². The molecule has 1 aliphatic rings. The third kappa shape index (κ3) is 4.71. The van der Waals surface area contributed by atoms with Gasteiger partial charge in [-0.3, -0.25) is 24.8 Å². The monoisotopic (exact) mass is 528 g/mol. The van der Waals surface area contributed by atoms with Crippen molar-refractivity contribution in [3.63, 3.8) is 0 Å². The molecule has 40 heavy (non-hydrogen) atoms. The molecule has 9 nitrogen and oxygen atoms in total. The van der Waals surface area contributed by atoms with Crippen LogP contribution in [0.15, 0.2) is 79.4 Å². The smallest absolute Gasteiger partial charge is 0.224 e. The topological polar surface area (TPSA) is 124 Å². The summed E-state index contributed by atoms with van der Waals surface area (Å²) in [6, 6.07) is 18.0. The molecule has 0 spiro atoms. The van der Waals surface area contributed by atoms with Gasteiger partial charge >= 0.3 is 0 Å². The second kappa shape index (κ2) is 10.3. The zero-order chi connectivity index (χ0) is 26.9. The van der Waals surface area contributed by atoms with Crippen LogP contribution in [0.25, 0.3) is 55.7 Å². The van der Waals surface area contributed by atoms with Crippen LogP contribution >= 0.6 is 0 Å². The van der Waals surface area contributed by atoms with E-state index in [0.29, 0.717) is 18.0 Å². The zero-order valence-corrected chi connectivity index (χ0v) is 21.8. The average Bonchev–Trinajstić information content (AvgIpc) is 3.62. The highest BCUT2D eigenvalue weighted by molar-refractivity contribution is 6.00. The maximum absolute atomic E-state index is 12.7. The highest BCUT2D eigenvalue weighted by Gasteiger charge is 2.18. The van der Waals surface area contributed by atoms with Crippen molar-refractivity contribution < 1.29 is 4.79 Å². The number of benzene rings is 1. The van der Waals surface area contributed by atoms with Crippen molar-refractivity contribution in [3.8, 4) is 33.9 Å². The fourth-order valence-electron chi connectivity index (χ4n) is 5.51. The first-order valence-electron chi connectivity index (χ1n) is 13.5. The van der Waals surface area contributed by atoms with E-state index in [0.717, 1.165) is 81.6 Å². The second-order valence-corrected chi connectivity index (χ2v) is 10.3. The van der Waals surface area contributed by atoms with E-state index in [2.05, 4.69) is 52.9 Å². The number of nitrogens with zero attached hydrogens (tertiary/aromatic N) is 4. The van der Waals surface area contributed by atoms with E-state index in [4.69, 9.17) is 0 Å². The minimum absolute atomic E-state index is 0.0387. The molecule has 0 atom stereocenters. The van der Waals surface area contributed by atoms with Crippen molar-refractivity contribution in [1.29, 1.82) is 0 Å². The van der Waals surface area contributed by atoms with Gasteiger partial charge in [-0.05, 0) is 79.9 Å².